The van der Waals surface area contributed by atoms with Gasteiger partial charge >= 0.3 is 56.5 Å². The van der Waals surface area contributed by atoms with Crippen LogP contribution >= 0.6 is 40.0 Å². The first-order valence-corrected chi connectivity index (χ1v) is 15.4. The zero-order chi connectivity index (χ0) is 16.3. The normalized spacial score (nSPS) is 17.9. The number of methoxy groups -OCH3 is 1. The summed E-state index contributed by atoms with van der Waals surface area (Å²) in [6.07, 6.45) is 0. The van der Waals surface area contributed by atoms with Crippen LogP contribution < -0.4 is 15.9 Å². The van der Waals surface area contributed by atoms with Gasteiger partial charge in [-0.15, -0.1) is 0 Å². The molecule has 1 saturated heterocycles. The predicted molar refractivity (Wildman–Crippen MR) is 108 cm³/mol. The quantitative estimate of drug-likeness (QED) is 0.333. The van der Waals surface area contributed by atoms with Gasteiger partial charge in [-0.05, 0) is 45.3 Å². The molecule has 1 heterocycles. The van der Waals surface area contributed by atoms with Crippen LogP contribution in [0.1, 0.15) is 35.1 Å². The van der Waals surface area contributed by atoms with Crippen LogP contribution in [-0.2, 0) is 18.8 Å². The summed E-state index contributed by atoms with van der Waals surface area (Å²) in [6.45, 7) is 8.12. The van der Waals surface area contributed by atoms with Crippen LogP contribution in [0.15, 0.2) is 18.2 Å². The molecule has 0 radical (unpaired) electrons. The molecule has 0 aliphatic carbocycles. The van der Waals surface area contributed by atoms with Gasteiger partial charge in [-0.3, -0.25) is 0 Å². The molecule has 2 rings (SSSR count). The Bertz CT molecular complexity index is 473. The molecule has 0 atom stereocenters. The van der Waals surface area contributed by atoms with Gasteiger partial charge in [-0.25, -0.2) is 0 Å². The summed E-state index contributed by atoms with van der Waals surface area (Å²) in [5, 5.41) is 0. The summed E-state index contributed by atoms with van der Waals surface area (Å²) in [5.74, 6) is 0.641. The van der Waals surface area contributed by atoms with E-state index in [0.717, 1.165) is 5.46 Å². The van der Waals surface area contributed by atoms with Crippen molar-refractivity contribution in [2.45, 2.75) is 46.3 Å². The second kappa shape index (κ2) is 9.36. The molecule has 8 heteroatoms. The van der Waals surface area contributed by atoms with Crippen molar-refractivity contribution in [2.24, 2.45) is 0 Å². The second-order valence-corrected chi connectivity index (χ2v) is 17.4. The Morgan fingerprint density at radius 2 is 1.59 bits per heavy atom. The van der Waals surface area contributed by atoms with Crippen LogP contribution in [0.2, 0.25) is 0 Å². The molecule has 22 heavy (non-hydrogen) atoms. The number of halogens is 2. The number of nitrogen functional groups attached to an aromatic ring is 1. The molecule has 0 amide bonds. The number of nitrogens with two attached hydrogens (primary N) is 1. The van der Waals surface area contributed by atoms with Crippen molar-refractivity contribution in [3.8, 4) is 5.75 Å². The van der Waals surface area contributed by atoms with E-state index in [4.69, 9.17) is 19.8 Å². The van der Waals surface area contributed by atoms with Gasteiger partial charge in [-0.1, -0.05) is 13.5 Å². The standard InChI is InChI=1S/C13H20BNO3.CH4.2HI.V/c1-12(2)13(3,4)18-14(17-12)9-6-7-10(15)11(8-9)16-5;;;;/h6-8H,15H2,1-5H3;1H4;2*1H;/q;;;;+2/p-2. The molecule has 0 bridgehead atoms. The summed E-state index contributed by atoms with van der Waals surface area (Å²) in [4.78, 5) is 0. The van der Waals surface area contributed by atoms with Crippen molar-refractivity contribution in [2.75, 3.05) is 12.8 Å². The topological polar surface area (TPSA) is 53.7 Å². The van der Waals surface area contributed by atoms with Crippen LogP contribution in [0.5, 0.6) is 5.75 Å². The van der Waals surface area contributed by atoms with Gasteiger partial charge in [0, 0.05) is 0 Å². The fourth-order valence-electron chi connectivity index (χ4n) is 1.85. The van der Waals surface area contributed by atoms with Crippen molar-refractivity contribution >= 4 is 58.2 Å². The minimum atomic E-state index is -0.385. The molecule has 1 fully saturated rings. The van der Waals surface area contributed by atoms with Crippen LogP contribution in [0.25, 0.3) is 0 Å². The Labute approximate surface area is 163 Å². The summed E-state index contributed by atoms with van der Waals surface area (Å²) in [7, 11) is 1.84. The predicted octanol–water partition coefficient (Wildman–Crippen LogP) is 3.98. The number of hydrogen-bond acceptors (Lipinski definition) is 4. The van der Waals surface area contributed by atoms with E-state index in [-0.39, 0.29) is 25.7 Å². The van der Waals surface area contributed by atoms with Gasteiger partial charge in [0.05, 0.1) is 24.0 Å². The van der Waals surface area contributed by atoms with Crippen molar-refractivity contribution in [1.82, 2.24) is 0 Å². The third kappa shape index (κ3) is 5.44. The van der Waals surface area contributed by atoms with E-state index in [0.29, 0.717) is 20.9 Å². The molecule has 2 N–H and O–H groups in total. The van der Waals surface area contributed by atoms with Gasteiger partial charge in [-0.2, -0.15) is 0 Å². The Kier molecular flexibility index (Phi) is 9.72. The maximum atomic E-state index is 5.97. The number of ether oxygens (including phenoxy) is 1. The SMILES string of the molecule is C.COc1cc(B2OC(C)(C)C(C)(C)O2)ccc1N.[I][V][I]. The fourth-order valence-corrected chi connectivity index (χ4v) is 1.85. The third-order valence-electron chi connectivity index (χ3n) is 3.78. The van der Waals surface area contributed by atoms with Crippen LogP contribution in [0.4, 0.5) is 5.69 Å². The summed E-state index contributed by atoms with van der Waals surface area (Å²) in [5.41, 5.74) is 6.64. The summed E-state index contributed by atoms with van der Waals surface area (Å²) >= 11 is 4.74. The third-order valence-corrected chi connectivity index (χ3v) is 3.78. The van der Waals surface area contributed by atoms with Gasteiger partial charge in [0.15, 0.2) is 0 Å². The minimum absolute atomic E-state index is 0. The summed E-state index contributed by atoms with van der Waals surface area (Å²) < 4.78 is 17.2. The second-order valence-electron chi connectivity index (χ2n) is 5.65. The number of rotatable bonds is 2. The van der Waals surface area contributed by atoms with Gasteiger partial charge < -0.3 is 19.8 Å². The molecular formula is C14H24BI2NO3V. The van der Waals surface area contributed by atoms with E-state index in [1.165, 1.54) is 0 Å². The average molecular weight is 570 g/mol. The molecular weight excluding hydrogens is 546 g/mol. The van der Waals surface area contributed by atoms with Crippen LogP contribution in [0.3, 0.4) is 0 Å². The first kappa shape index (κ1) is 22.8. The van der Waals surface area contributed by atoms with Crippen molar-refractivity contribution in [3.63, 3.8) is 0 Å². The fraction of sp³-hybridized carbons (Fsp3) is 0.571. The Morgan fingerprint density at radius 3 is 2.00 bits per heavy atom. The zero-order valence-electron chi connectivity index (χ0n) is 12.8. The molecule has 0 saturated carbocycles. The van der Waals surface area contributed by atoms with Crippen molar-refractivity contribution < 1.29 is 23.5 Å². The van der Waals surface area contributed by atoms with E-state index in [9.17, 15) is 0 Å². The van der Waals surface area contributed by atoms with Crippen molar-refractivity contribution in [1.29, 1.82) is 0 Å². The van der Waals surface area contributed by atoms with Crippen LogP contribution in [0, 0.1) is 0 Å². The summed E-state index contributed by atoms with van der Waals surface area (Å²) in [6, 6.07) is 5.57. The number of hydrogen-bond donors (Lipinski definition) is 1. The van der Waals surface area contributed by atoms with E-state index >= 15 is 0 Å². The molecule has 1 aromatic rings. The first-order chi connectivity index (χ1) is 9.68. The molecule has 1 aliphatic rings. The number of benzene rings is 1. The monoisotopic (exact) mass is 570 g/mol. The molecule has 0 aromatic heterocycles. The van der Waals surface area contributed by atoms with E-state index in [1.807, 2.05) is 39.8 Å². The van der Waals surface area contributed by atoms with Crippen LogP contribution in [-0.4, -0.2) is 25.4 Å². The first-order valence-electron chi connectivity index (χ1n) is 6.40. The molecule has 0 unspecified atom stereocenters. The maximum absolute atomic E-state index is 5.97. The van der Waals surface area contributed by atoms with Gasteiger partial charge in [0.1, 0.15) is 5.75 Å². The number of anilines is 1. The van der Waals surface area contributed by atoms with Gasteiger partial charge in [0.2, 0.25) is 0 Å². The zero-order valence-corrected chi connectivity index (χ0v) is 18.5. The van der Waals surface area contributed by atoms with E-state index < -0.39 is 0 Å². The molecule has 1 aliphatic heterocycles. The molecule has 125 valence electrons. The van der Waals surface area contributed by atoms with E-state index in [2.05, 4.69) is 40.0 Å². The van der Waals surface area contributed by atoms with E-state index in [1.54, 1.807) is 13.2 Å². The van der Waals surface area contributed by atoms with Crippen molar-refractivity contribution in [3.05, 3.63) is 18.2 Å². The molecule has 1 aromatic carbocycles. The Morgan fingerprint density at radius 1 is 1.14 bits per heavy atom. The molecule has 4 nitrogen and oxygen atoms in total. The average Bonchev–Trinajstić information content (AvgIpc) is 2.60. The Balaban J connectivity index is 0.00000102. The Hall–Kier alpha value is 0.849. The molecule has 0 spiro atoms. The van der Waals surface area contributed by atoms with Gasteiger partial charge in [0.25, 0.3) is 0 Å².